The Balaban J connectivity index is 1.55. The SMILES string of the molecule is N#Cc1ccccc1OCC(=O)N1N=C(c2ccco2)C[C@@H]1c1cccs1. The van der Waals surface area contributed by atoms with E-state index in [4.69, 9.17) is 14.4 Å². The Morgan fingerprint density at radius 3 is 2.93 bits per heavy atom. The summed E-state index contributed by atoms with van der Waals surface area (Å²) in [5, 5.41) is 17.1. The zero-order chi connectivity index (χ0) is 18.6. The fourth-order valence-electron chi connectivity index (χ4n) is 2.92. The summed E-state index contributed by atoms with van der Waals surface area (Å²) in [7, 11) is 0. The fourth-order valence-corrected chi connectivity index (χ4v) is 3.74. The van der Waals surface area contributed by atoms with Crippen LogP contribution in [-0.2, 0) is 4.79 Å². The van der Waals surface area contributed by atoms with E-state index in [1.807, 2.05) is 23.6 Å². The maximum absolute atomic E-state index is 12.8. The third kappa shape index (κ3) is 3.48. The van der Waals surface area contributed by atoms with E-state index in [9.17, 15) is 4.79 Å². The molecule has 1 aliphatic rings. The second-order valence-electron chi connectivity index (χ2n) is 5.89. The van der Waals surface area contributed by atoms with Gasteiger partial charge in [-0.3, -0.25) is 4.79 Å². The molecule has 1 amide bonds. The minimum atomic E-state index is -0.275. The summed E-state index contributed by atoms with van der Waals surface area (Å²) in [6.07, 6.45) is 2.17. The lowest BCUT2D eigenvalue weighted by atomic mass is 10.1. The lowest BCUT2D eigenvalue weighted by Gasteiger charge is -2.20. The van der Waals surface area contributed by atoms with Crippen LogP contribution in [0.15, 0.2) is 69.7 Å². The Bertz CT molecular complexity index is 1000. The molecule has 1 aliphatic heterocycles. The van der Waals surface area contributed by atoms with Gasteiger partial charge in [-0.1, -0.05) is 18.2 Å². The molecule has 1 atom stereocenters. The zero-order valence-corrected chi connectivity index (χ0v) is 15.1. The van der Waals surface area contributed by atoms with E-state index in [1.165, 1.54) is 5.01 Å². The number of carbonyl (C=O) groups excluding carboxylic acids is 1. The number of para-hydroxylation sites is 1. The van der Waals surface area contributed by atoms with Crippen molar-refractivity contribution < 1.29 is 13.9 Å². The number of amides is 1. The molecule has 1 aromatic carbocycles. The second-order valence-corrected chi connectivity index (χ2v) is 6.87. The molecule has 3 heterocycles. The van der Waals surface area contributed by atoms with E-state index < -0.39 is 0 Å². The second kappa shape index (κ2) is 7.48. The van der Waals surface area contributed by atoms with Crippen LogP contribution in [0.4, 0.5) is 0 Å². The Morgan fingerprint density at radius 2 is 2.19 bits per heavy atom. The number of hydrazone groups is 1. The molecule has 0 saturated heterocycles. The van der Waals surface area contributed by atoms with Crippen molar-refractivity contribution in [3.63, 3.8) is 0 Å². The number of thiophene rings is 1. The van der Waals surface area contributed by atoms with Crippen LogP contribution in [0.5, 0.6) is 5.75 Å². The summed E-state index contributed by atoms with van der Waals surface area (Å²) in [6.45, 7) is -0.199. The molecule has 0 radical (unpaired) electrons. The molecule has 0 spiro atoms. The molecule has 2 aromatic heterocycles. The minimum absolute atomic E-state index is 0.188. The van der Waals surface area contributed by atoms with Gasteiger partial charge in [-0.05, 0) is 35.7 Å². The van der Waals surface area contributed by atoms with Gasteiger partial charge in [-0.15, -0.1) is 11.3 Å². The highest BCUT2D eigenvalue weighted by Crippen LogP contribution is 2.35. The summed E-state index contributed by atoms with van der Waals surface area (Å²) < 4.78 is 11.0. The molecule has 7 heteroatoms. The van der Waals surface area contributed by atoms with Crippen LogP contribution in [0.1, 0.15) is 28.7 Å². The number of benzene rings is 1. The topological polar surface area (TPSA) is 78.8 Å². The van der Waals surface area contributed by atoms with Crippen LogP contribution in [0, 0.1) is 11.3 Å². The summed E-state index contributed by atoms with van der Waals surface area (Å²) in [4.78, 5) is 13.9. The van der Waals surface area contributed by atoms with Crippen molar-refractivity contribution in [2.45, 2.75) is 12.5 Å². The lowest BCUT2D eigenvalue weighted by Crippen LogP contribution is -2.31. The molecule has 6 nitrogen and oxygen atoms in total. The number of rotatable bonds is 5. The maximum atomic E-state index is 12.8. The predicted octanol–water partition coefficient (Wildman–Crippen LogP) is 3.97. The van der Waals surface area contributed by atoms with Gasteiger partial charge in [0.05, 0.1) is 17.9 Å². The van der Waals surface area contributed by atoms with Gasteiger partial charge < -0.3 is 9.15 Å². The first-order valence-electron chi connectivity index (χ1n) is 8.35. The van der Waals surface area contributed by atoms with E-state index >= 15 is 0 Å². The Morgan fingerprint density at radius 1 is 1.30 bits per heavy atom. The van der Waals surface area contributed by atoms with Crippen LogP contribution in [0.3, 0.4) is 0 Å². The highest BCUT2D eigenvalue weighted by atomic mass is 32.1. The lowest BCUT2D eigenvalue weighted by molar-refractivity contribution is -0.135. The molecule has 0 N–H and O–H groups in total. The number of hydrogen-bond acceptors (Lipinski definition) is 6. The monoisotopic (exact) mass is 377 g/mol. The molecule has 0 fully saturated rings. The quantitative estimate of drug-likeness (QED) is 0.674. The summed E-state index contributed by atoms with van der Waals surface area (Å²) >= 11 is 1.58. The molecule has 134 valence electrons. The van der Waals surface area contributed by atoms with Gasteiger partial charge in [-0.25, -0.2) is 5.01 Å². The molecule has 3 aromatic rings. The number of furan rings is 1. The molecular weight excluding hydrogens is 362 g/mol. The average Bonchev–Trinajstić information content (AvgIpc) is 3.46. The van der Waals surface area contributed by atoms with Crippen molar-refractivity contribution in [3.05, 3.63) is 76.4 Å². The van der Waals surface area contributed by atoms with E-state index in [0.29, 0.717) is 23.5 Å². The van der Waals surface area contributed by atoms with E-state index in [-0.39, 0.29) is 18.6 Å². The molecule has 0 aliphatic carbocycles. The van der Waals surface area contributed by atoms with Crippen LogP contribution >= 0.6 is 11.3 Å². The van der Waals surface area contributed by atoms with Crippen LogP contribution in [-0.4, -0.2) is 23.2 Å². The number of nitriles is 1. The highest BCUT2D eigenvalue weighted by molar-refractivity contribution is 7.10. The molecule has 0 bridgehead atoms. The van der Waals surface area contributed by atoms with Gasteiger partial charge in [0.25, 0.3) is 5.91 Å². The zero-order valence-electron chi connectivity index (χ0n) is 14.2. The van der Waals surface area contributed by atoms with Gasteiger partial charge in [0.1, 0.15) is 23.3 Å². The normalized spacial score (nSPS) is 16.0. The van der Waals surface area contributed by atoms with E-state index in [0.717, 1.165) is 10.6 Å². The largest absolute Gasteiger partial charge is 0.482 e. The minimum Gasteiger partial charge on any atom is -0.482 e. The van der Waals surface area contributed by atoms with Crippen molar-refractivity contribution in [3.8, 4) is 11.8 Å². The van der Waals surface area contributed by atoms with E-state index in [1.54, 1.807) is 47.9 Å². The van der Waals surface area contributed by atoms with Crippen molar-refractivity contribution in [2.75, 3.05) is 6.61 Å². The number of carbonyl (C=O) groups is 1. The van der Waals surface area contributed by atoms with Gasteiger partial charge in [0, 0.05) is 11.3 Å². The van der Waals surface area contributed by atoms with Crippen LogP contribution < -0.4 is 4.74 Å². The smallest absolute Gasteiger partial charge is 0.281 e. The van der Waals surface area contributed by atoms with Gasteiger partial charge in [-0.2, -0.15) is 10.4 Å². The van der Waals surface area contributed by atoms with Crippen LogP contribution in [0.25, 0.3) is 0 Å². The van der Waals surface area contributed by atoms with Gasteiger partial charge in [0.2, 0.25) is 0 Å². The molecular formula is C20H15N3O3S. The Kier molecular flexibility index (Phi) is 4.73. The summed E-state index contributed by atoms with van der Waals surface area (Å²) in [5.41, 5.74) is 1.12. The van der Waals surface area contributed by atoms with Gasteiger partial charge in [0.15, 0.2) is 6.61 Å². The van der Waals surface area contributed by atoms with Crippen molar-refractivity contribution >= 4 is 23.0 Å². The summed E-state index contributed by atoms with van der Waals surface area (Å²) in [6, 6.07) is 16.3. The Labute approximate surface area is 159 Å². The molecule has 27 heavy (non-hydrogen) atoms. The number of hydrogen-bond donors (Lipinski definition) is 0. The number of ether oxygens (including phenoxy) is 1. The van der Waals surface area contributed by atoms with E-state index in [2.05, 4.69) is 11.2 Å². The van der Waals surface area contributed by atoms with Crippen LogP contribution in [0.2, 0.25) is 0 Å². The first-order chi connectivity index (χ1) is 13.3. The maximum Gasteiger partial charge on any atom is 0.281 e. The first kappa shape index (κ1) is 17.1. The van der Waals surface area contributed by atoms with Crippen molar-refractivity contribution in [1.29, 1.82) is 5.26 Å². The first-order valence-corrected chi connectivity index (χ1v) is 9.23. The summed E-state index contributed by atoms with van der Waals surface area (Å²) in [5.74, 6) is 0.765. The van der Waals surface area contributed by atoms with Crippen molar-refractivity contribution in [2.24, 2.45) is 5.10 Å². The third-order valence-electron chi connectivity index (χ3n) is 4.20. The molecule has 0 unspecified atom stereocenters. The highest BCUT2D eigenvalue weighted by Gasteiger charge is 2.34. The van der Waals surface area contributed by atoms with Gasteiger partial charge >= 0.3 is 0 Å². The van der Waals surface area contributed by atoms with Crippen molar-refractivity contribution in [1.82, 2.24) is 5.01 Å². The Hall–Kier alpha value is -3.37. The third-order valence-corrected chi connectivity index (χ3v) is 5.18. The molecule has 0 saturated carbocycles. The fraction of sp³-hybridized carbons (Fsp3) is 0.150. The average molecular weight is 377 g/mol. The molecule has 4 rings (SSSR count). The standard InChI is InChI=1S/C20H15N3O3S/c21-12-14-5-1-2-6-17(14)26-13-20(24)23-16(19-8-4-10-27-19)11-15(22-23)18-7-3-9-25-18/h1-10,16H,11,13H2/t16-/m1/s1. The predicted molar refractivity (Wildman–Crippen MR) is 100 cm³/mol. The number of nitrogens with zero attached hydrogens (tertiary/aromatic N) is 3.